The zero-order chi connectivity index (χ0) is 14.3. The van der Waals surface area contributed by atoms with Crippen LogP contribution in [0.15, 0.2) is 17.3 Å². The molecule has 0 radical (unpaired) electrons. The quantitative estimate of drug-likeness (QED) is 0.758. The standard InChI is InChI=1S/C13H25N3O2S/c1-4-7-8-12(5-2)9-15-19(17,18)13-10-14-16(6-3)11-13/h10-12,15H,4-9H2,1-3H3. The molecule has 1 atom stereocenters. The Labute approximate surface area is 116 Å². The number of rotatable bonds is 9. The number of aromatic nitrogens is 2. The summed E-state index contributed by atoms with van der Waals surface area (Å²) >= 11 is 0. The van der Waals surface area contributed by atoms with Crippen LogP contribution in [-0.2, 0) is 16.6 Å². The van der Waals surface area contributed by atoms with Crippen LogP contribution in [0.2, 0.25) is 0 Å². The number of nitrogens with zero attached hydrogens (tertiary/aromatic N) is 2. The Bertz CT molecular complexity index is 468. The van der Waals surface area contributed by atoms with Crippen LogP contribution in [0.3, 0.4) is 0 Å². The molecule has 1 aromatic heterocycles. The van der Waals surface area contributed by atoms with E-state index in [4.69, 9.17) is 0 Å². The molecule has 1 unspecified atom stereocenters. The summed E-state index contributed by atoms with van der Waals surface area (Å²) in [6.07, 6.45) is 7.33. The predicted octanol–water partition coefficient (Wildman–Crippen LogP) is 2.40. The fourth-order valence-electron chi connectivity index (χ4n) is 1.91. The van der Waals surface area contributed by atoms with Gasteiger partial charge in [0.1, 0.15) is 4.90 Å². The lowest BCUT2D eigenvalue weighted by Gasteiger charge is -2.14. The molecule has 0 aliphatic rings. The Morgan fingerprint density at radius 1 is 1.37 bits per heavy atom. The fourth-order valence-corrected chi connectivity index (χ4v) is 2.98. The Balaban J connectivity index is 2.59. The van der Waals surface area contributed by atoms with E-state index in [9.17, 15) is 8.42 Å². The average Bonchev–Trinajstić information content (AvgIpc) is 2.88. The molecular formula is C13H25N3O2S. The van der Waals surface area contributed by atoms with Gasteiger partial charge in [0.15, 0.2) is 0 Å². The summed E-state index contributed by atoms with van der Waals surface area (Å²) in [6.45, 7) is 7.36. The first-order valence-corrected chi connectivity index (χ1v) is 8.53. The second-order valence-corrected chi connectivity index (χ2v) is 6.57. The van der Waals surface area contributed by atoms with Crippen molar-refractivity contribution in [2.24, 2.45) is 5.92 Å². The predicted molar refractivity (Wildman–Crippen MR) is 76.4 cm³/mol. The van der Waals surface area contributed by atoms with Gasteiger partial charge in [0.25, 0.3) is 0 Å². The molecule has 0 bridgehead atoms. The van der Waals surface area contributed by atoms with Gasteiger partial charge in [-0.15, -0.1) is 0 Å². The lowest BCUT2D eigenvalue weighted by atomic mass is 10.00. The second kappa shape index (κ2) is 7.65. The van der Waals surface area contributed by atoms with Crippen LogP contribution >= 0.6 is 0 Å². The highest BCUT2D eigenvalue weighted by Gasteiger charge is 2.17. The zero-order valence-corrected chi connectivity index (χ0v) is 12.9. The highest BCUT2D eigenvalue weighted by molar-refractivity contribution is 7.89. The van der Waals surface area contributed by atoms with Crippen LogP contribution in [0.4, 0.5) is 0 Å². The fraction of sp³-hybridized carbons (Fsp3) is 0.769. The van der Waals surface area contributed by atoms with Crippen LogP contribution < -0.4 is 4.72 Å². The van der Waals surface area contributed by atoms with Gasteiger partial charge in [-0.05, 0) is 19.3 Å². The Hall–Kier alpha value is -0.880. The number of hydrogen-bond donors (Lipinski definition) is 1. The summed E-state index contributed by atoms with van der Waals surface area (Å²) < 4.78 is 28.5. The Kier molecular flexibility index (Phi) is 6.51. The van der Waals surface area contributed by atoms with E-state index in [-0.39, 0.29) is 4.90 Å². The molecule has 0 spiro atoms. The van der Waals surface area contributed by atoms with Gasteiger partial charge in [-0.1, -0.05) is 33.1 Å². The maximum Gasteiger partial charge on any atom is 0.243 e. The minimum Gasteiger partial charge on any atom is -0.272 e. The number of unbranched alkanes of at least 4 members (excludes halogenated alkanes) is 1. The summed E-state index contributed by atoms with van der Waals surface area (Å²) in [6, 6.07) is 0. The van der Waals surface area contributed by atoms with E-state index >= 15 is 0 Å². The molecule has 1 rings (SSSR count). The SMILES string of the molecule is CCCCC(CC)CNS(=O)(=O)c1cnn(CC)c1. The van der Waals surface area contributed by atoms with Crippen LogP contribution in [-0.4, -0.2) is 24.7 Å². The van der Waals surface area contributed by atoms with Crippen molar-refractivity contribution in [3.8, 4) is 0 Å². The van der Waals surface area contributed by atoms with E-state index in [1.54, 1.807) is 10.9 Å². The van der Waals surface area contributed by atoms with E-state index < -0.39 is 10.0 Å². The van der Waals surface area contributed by atoms with Crippen molar-refractivity contribution >= 4 is 10.0 Å². The highest BCUT2D eigenvalue weighted by atomic mass is 32.2. The van der Waals surface area contributed by atoms with Gasteiger partial charge in [-0.2, -0.15) is 5.10 Å². The third-order valence-corrected chi connectivity index (χ3v) is 4.73. The van der Waals surface area contributed by atoms with E-state index in [0.717, 1.165) is 25.7 Å². The smallest absolute Gasteiger partial charge is 0.243 e. The van der Waals surface area contributed by atoms with Crippen LogP contribution in [0.25, 0.3) is 0 Å². The lowest BCUT2D eigenvalue weighted by Crippen LogP contribution is -2.29. The van der Waals surface area contributed by atoms with Crippen LogP contribution in [0.5, 0.6) is 0 Å². The summed E-state index contributed by atoms with van der Waals surface area (Å²) in [5, 5.41) is 4.00. The van der Waals surface area contributed by atoms with E-state index in [2.05, 4.69) is 23.7 Å². The molecule has 1 aromatic rings. The molecule has 6 heteroatoms. The largest absolute Gasteiger partial charge is 0.272 e. The van der Waals surface area contributed by atoms with E-state index in [1.807, 2.05) is 6.92 Å². The van der Waals surface area contributed by atoms with Gasteiger partial charge in [-0.25, -0.2) is 13.1 Å². The van der Waals surface area contributed by atoms with Gasteiger partial charge in [0.2, 0.25) is 10.0 Å². The Morgan fingerprint density at radius 2 is 2.11 bits per heavy atom. The van der Waals surface area contributed by atoms with E-state index in [1.165, 1.54) is 6.20 Å². The van der Waals surface area contributed by atoms with Gasteiger partial charge in [0, 0.05) is 19.3 Å². The molecule has 0 amide bonds. The van der Waals surface area contributed by atoms with E-state index in [0.29, 0.717) is 19.0 Å². The van der Waals surface area contributed by atoms with Crippen molar-refractivity contribution in [3.05, 3.63) is 12.4 Å². The molecule has 0 aliphatic heterocycles. The average molecular weight is 287 g/mol. The summed E-state index contributed by atoms with van der Waals surface area (Å²) in [5.74, 6) is 0.413. The zero-order valence-electron chi connectivity index (χ0n) is 12.1. The normalized spacial score (nSPS) is 13.6. The second-order valence-electron chi connectivity index (χ2n) is 4.80. The maximum atomic E-state index is 12.1. The molecule has 0 saturated carbocycles. The van der Waals surface area contributed by atoms with Crippen molar-refractivity contribution in [1.29, 1.82) is 0 Å². The molecular weight excluding hydrogens is 262 g/mol. The molecule has 19 heavy (non-hydrogen) atoms. The topological polar surface area (TPSA) is 64.0 Å². The summed E-state index contributed by atoms with van der Waals surface area (Å²) in [5.41, 5.74) is 0. The molecule has 5 nitrogen and oxygen atoms in total. The van der Waals surface area contributed by atoms with Crippen molar-refractivity contribution in [2.75, 3.05) is 6.54 Å². The minimum absolute atomic E-state index is 0.250. The van der Waals surface area contributed by atoms with Crippen molar-refractivity contribution < 1.29 is 8.42 Å². The number of sulfonamides is 1. The summed E-state index contributed by atoms with van der Waals surface area (Å²) in [7, 11) is -3.41. The highest BCUT2D eigenvalue weighted by Crippen LogP contribution is 2.13. The third-order valence-electron chi connectivity index (χ3n) is 3.35. The minimum atomic E-state index is -3.41. The molecule has 110 valence electrons. The molecule has 0 saturated heterocycles. The number of hydrogen-bond acceptors (Lipinski definition) is 3. The van der Waals surface area contributed by atoms with Crippen molar-refractivity contribution in [1.82, 2.24) is 14.5 Å². The van der Waals surface area contributed by atoms with Gasteiger partial charge >= 0.3 is 0 Å². The Morgan fingerprint density at radius 3 is 2.63 bits per heavy atom. The number of aryl methyl sites for hydroxylation is 1. The molecule has 0 fully saturated rings. The molecule has 0 aromatic carbocycles. The molecule has 1 N–H and O–H groups in total. The van der Waals surface area contributed by atoms with Crippen molar-refractivity contribution in [3.63, 3.8) is 0 Å². The molecule has 1 heterocycles. The van der Waals surface area contributed by atoms with Crippen LogP contribution in [0.1, 0.15) is 46.5 Å². The summed E-state index contributed by atoms with van der Waals surface area (Å²) in [4.78, 5) is 0.250. The molecule has 0 aliphatic carbocycles. The third kappa shape index (κ3) is 4.95. The van der Waals surface area contributed by atoms with Crippen LogP contribution in [0, 0.1) is 5.92 Å². The maximum absolute atomic E-state index is 12.1. The first-order chi connectivity index (χ1) is 9.03. The first-order valence-electron chi connectivity index (χ1n) is 7.05. The first kappa shape index (κ1) is 16.2. The number of nitrogens with one attached hydrogen (secondary N) is 1. The van der Waals surface area contributed by atoms with Crippen molar-refractivity contribution in [2.45, 2.75) is 57.9 Å². The van der Waals surface area contributed by atoms with Gasteiger partial charge < -0.3 is 0 Å². The van der Waals surface area contributed by atoms with Gasteiger partial charge in [0.05, 0.1) is 6.20 Å². The monoisotopic (exact) mass is 287 g/mol. The van der Waals surface area contributed by atoms with Gasteiger partial charge in [-0.3, -0.25) is 4.68 Å². The lowest BCUT2D eigenvalue weighted by molar-refractivity contribution is 0.443.